The molecule has 0 saturated heterocycles. The van der Waals surface area contributed by atoms with Gasteiger partial charge in [0.2, 0.25) is 0 Å². The number of hydrogen-bond donors (Lipinski definition) is 2. The van der Waals surface area contributed by atoms with Crippen molar-refractivity contribution in [1.82, 2.24) is 0 Å². The maximum atomic E-state index is 13.6. The zero-order valence-electron chi connectivity index (χ0n) is 11.9. The number of benzene rings is 2. The molecule has 4 heteroatoms. The van der Waals surface area contributed by atoms with E-state index in [2.05, 4.69) is 0 Å². The molecule has 0 aliphatic rings. The van der Waals surface area contributed by atoms with Gasteiger partial charge in [-0.25, -0.2) is 4.39 Å². The van der Waals surface area contributed by atoms with Gasteiger partial charge in [0.15, 0.2) is 0 Å². The van der Waals surface area contributed by atoms with Crippen LogP contribution < -0.4 is 5.73 Å². The lowest BCUT2D eigenvalue weighted by Crippen LogP contribution is -2.41. The number of nitrogens with two attached hydrogens (primary N) is 1. The number of hydrogen-bond acceptors (Lipinski definition) is 2. The molecule has 2 rings (SSSR count). The maximum Gasteiger partial charge on any atom is 0.142 e. The highest BCUT2D eigenvalue weighted by Crippen LogP contribution is 2.31. The largest absolute Gasteiger partial charge is 0.395 e. The molecule has 2 nitrogen and oxygen atoms in total. The number of halogens is 2. The predicted molar refractivity (Wildman–Crippen MR) is 84.1 cm³/mol. The first kappa shape index (κ1) is 16.0. The topological polar surface area (TPSA) is 46.2 Å². The molecule has 0 radical (unpaired) electrons. The summed E-state index contributed by atoms with van der Waals surface area (Å²) < 4.78 is 13.6. The molecular weight excluding hydrogens is 289 g/mol. The van der Waals surface area contributed by atoms with Gasteiger partial charge in [-0.1, -0.05) is 53.6 Å². The van der Waals surface area contributed by atoms with Gasteiger partial charge < -0.3 is 10.8 Å². The van der Waals surface area contributed by atoms with E-state index in [0.29, 0.717) is 12.0 Å². The summed E-state index contributed by atoms with van der Waals surface area (Å²) in [5.41, 5.74) is 7.95. The third-order valence-corrected chi connectivity index (χ3v) is 4.31. The van der Waals surface area contributed by atoms with Crippen molar-refractivity contribution in [2.24, 2.45) is 5.73 Å². The standard InChI is InChI=1S/C17H19ClFNO/c1-12-4-2-6-14(8-12)17(10-20,11-21)9-13-5-3-7-15(19)16(13)18/h2-8,21H,9-11,20H2,1H3. The van der Waals surface area contributed by atoms with E-state index in [-0.39, 0.29) is 18.2 Å². The van der Waals surface area contributed by atoms with Gasteiger partial charge in [-0.05, 0) is 30.5 Å². The van der Waals surface area contributed by atoms with E-state index in [4.69, 9.17) is 17.3 Å². The van der Waals surface area contributed by atoms with Crippen molar-refractivity contribution in [2.75, 3.05) is 13.2 Å². The Kier molecular flexibility index (Phi) is 4.99. The average Bonchev–Trinajstić information content (AvgIpc) is 2.49. The van der Waals surface area contributed by atoms with E-state index >= 15 is 0 Å². The second-order valence-electron chi connectivity index (χ2n) is 5.40. The Hall–Kier alpha value is -1.42. The van der Waals surface area contributed by atoms with Crippen molar-refractivity contribution >= 4 is 11.6 Å². The number of rotatable bonds is 5. The summed E-state index contributed by atoms with van der Waals surface area (Å²) in [6.45, 7) is 2.11. The molecule has 0 bridgehead atoms. The van der Waals surface area contributed by atoms with Crippen molar-refractivity contribution in [3.63, 3.8) is 0 Å². The minimum atomic E-state index is -0.663. The summed E-state index contributed by atoms with van der Waals surface area (Å²) in [4.78, 5) is 0. The van der Waals surface area contributed by atoms with Crippen molar-refractivity contribution in [3.8, 4) is 0 Å². The fourth-order valence-electron chi connectivity index (χ4n) is 2.53. The minimum Gasteiger partial charge on any atom is -0.395 e. The van der Waals surface area contributed by atoms with Crippen LogP contribution in [0.4, 0.5) is 4.39 Å². The van der Waals surface area contributed by atoms with E-state index in [1.54, 1.807) is 12.1 Å². The first-order chi connectivity index (χ1) is 10.0. The second-order valence-corrected chi connectivity index (χ2v) is 5.78. The van der Waals surface area contributed by atoms with E-state index in [1.807, 2.05) is 31.2 Å². The van der Waals surface area contributed by atoms with Crippen LogP contribution in [0.3, 0.4) is 0 Å². The van der Waals surface area contributed by atoms with Crippen LogP contribution in [0, 0.1) is 12.7 Å². The van der Waals surface area contributed by atoms with E-state index in [1.165, 1.54) is 6.07 Å². The van der Waals surface area contributed by atoms with Gasteiger partial charge in [-0.15, -0.1) is 0 Å². The first-order valence-electron chi connectivity index (χ1n) is 6.83. The Bertz CT molecular complexity index is 626. The van der Waals surface area contributed by atoms with Gasteiger partial charge >= 0.3 is 0 Å². The Morgan fingerprint density at radius 1 is 1.24 bits per heavy atom. The minimum absolute atomic E-state index is 0.0939. The number of aliphatic hydroxyl groups excluding tert-OH is 1. The van der Waals surface area contributed by atoms with E-state index in [0.717, 1.165) is 11.1 Å². The molecule has 1 atom stereocenters. The van der Waals surface area contributed by atoms with Gasteiger partial charge in [0.05, 0.1) is 11.6 Å². The smallest absolute Gasteiger partial charge is 0.142 e. The Labute approximate surface area is 129 Å². The van der Waals surface area contributed by atoms with Gasteiger partial charge in [-0.3, -0.25) is 0 Å². The Morgan fingerprint density at radius 2 is 1.95 bits per heavy atom. The molecule has 112 valence electrons. The van der Waals surface area contributed by atoms with Crippen molar-refractivity contribution in [1.29, 1.82) is 0 Å². The summed E-state index contributed by atoms with van der Waals surface area (Å²) in [6.07, 6.45) is 0.389. The molecular formula is C17H19ClFNO. The molecule has 0 amide bonds. The van der Waals surface area contributed by atoms with E-state index in [9.17, 15) is 9.50 Å². The number of aryl methyl sites for hydroxylation is 1. The van der Waals surface area contributed by atoms with Gasteiger partial charge in [0.25, 0.3) is 0 Å². The normalized spacial score (nSPS) is 14.0. The van der Waals surface area contributed by atoms with Gasteiger partial charge in [0, 0.05) is 12.0 Å². The lowest BCUT2D eigenvalue weighted by Gasteiger charge is -2.32. The molecule has 0 aliphatic heterocycles. The van der Waals surface area contributed by atoms with Crippen molar-refractivity contribution in [3.05, 3.63) is 70.0 Å². The third-order valence-electron chi connectivity index (χ3n) is 3.88. The highest BCUT2D eigenvalue weighted by molar-refractivity contribution is 6.31. The van der Waals surface area contributed by atoms with Gasteiger partial charge in [-0.2, -0.15) is 0 Å². The first-order valence-corrected chi connectivity index (χ1v) is 7.21. The molecule has 0 aromatic heterocycles. The summed E-state index contributed by atoms with van der Waals surface area (Å²) in [5.74, 6) is -0.456. The zero-order chi connectivity index (χ0) is 15.5. The molecule has 0 aliphatic carbocycles. The maximum absolute atomic E-state index is 13.6. The molecule has 0 heterocycles. The molecule has 21 heavy (non-hydrogen) atoms. The van der Waals surface area contributed by atoms with Crippen LogP contribution in [0.5, 0.6) is 0 Å². The predicted octanol–water partition coefficient (Wildman–Crippen LogP) is 3.22. The summed E-state index contributed by atoms with van der Waals surface area (Å²) in [6, 6.07) is 12.5. The zero-order valence-corrected chi connectivity index (χ0v) is 12.7. The van der Waals surface area contributed by atoms with Crippen LogP contribution in [0.2, 0.25) is 5.02 Å². The van der Waals surface area contributed by atoms with E-state index < -0.39 is 11.2 Å². The molecule has 2 aromatic carbocycles. The molecule has 1 unspecified atom stereocenters. The Morgan fingerprint density at radius 3 is 2.57 bits per heavy atom. The van der Waals surface area contributed by atoms with Crippen LogP contribution in [0.1, 0.15) is 16.7 Å². The molecule has 0 saturated carbocycles. The van der Waals surface area contributed by atoms with Crippen LogP contribution >= 0.6 is 11.6 Å². The van der Waals surface area contributed by atoms with Crippen LogP contribution in [-0.4, -0.2) is 18.3 Å². The third kappa shape index (κ3) is 3.26. The molecule has 0 spiro atoms. The highest BCUT2D eigenvalue weighted by Gasteiger charge is 2.31. The lowest BCUT2D eigenvalue weighted by molar-refractivity contribution is 0.196. The quantitative estimate of drug-likeness (QED) is 0.891. The summed E-state index contributed by atoms with van der Waals surface area (Å²) >= 11 is 6.03. The van der Waals surface area contributed by atoms with Crippen molar-refractivity contribution < 1.29 is 9.50 Å². The number of aliphatic hydroxyl groups is 1. The average molecular weight is 308 g/mol. The lowest BCUT2D eigenvalue weighted by atomic mass is 9.76. The fourth-order valence-corrected chi connectivity index (χ4v) is 2.72. The SMILES string of the molecule is Cc1cccc(C(CN)(CO)Cc2cccc(F)c2Cl)c1. The highest BCUT2D eigenvalue weighted by atomic mass is 35.5. The van der Waals surface area contributed by atoms with Gasteiger partial charge in [0.1, 0.15) is 5.82 Å². The van der Waals surface area contributed by atoms with Crippen LogP contribution in [-0.2, 0) is 11.8 Å². The molecule has 2 aromatic rings. The van der Waals surface area contributed by atoms with Crippen molar-refractivity contribution in [2.45, 2.75) is 18.8 Å². The monoisotopic (exact) mass is 307 g/mol. The summed E-state index contributed by atoms with van der Waals surface area (Å²) in [7, 11) is 0. The molecule has 3 N–H and O–H groups in total. The Balaban J connectivity index is 2.45. The second kappa shape index (κ2) is 6.56. The van der Waals surface area contributed by atoms with Crippen LogP contribution in [0.15, 0.2) is 42.5 Å². The summed E-state index contributed by atoms with van der Waals surface area (Å²) in [5, 5.41) is 10.0. The van der Waals surface area contributed by atoms with Crippen LogP contribution in [0.25, 0.3) is 0 Å². The fraction of sp³-hybridized carbons (Fsp3) is 0.294. The molecule has 0 fully saturated rings.